The number of amides is 1. The predicted octanol–water partition coefficient (Wildman–Crippen LogP) is 0.463. The van der Waals surface area contributed by atoms with Gasteiger partial charge in [-0.05, 0) is 13.0 Å². The van der Waals surface area contributed by atoms with Crippen molar-refractivity contribution in [1.29, 1.82) is 0 Å². The van der Waals surface area contributed by atoms with Gasteiger partial charge in [-0.2, -0.15) is 0 Å². The number of carbonyl (C=O) groups is 1. The third-order valence-corrected chi connectivity index (χ3v) is 2.87. The number of rotatable bonds is 11. The summed E-state index contributed by atoms with van der Waals surface area (Å²) in [5.74, 6) is 0.549. The lowest BCUT2D eigenvalue weighted by Gasteiger charge is -2.15. The molecule has 24 heavy (non-hydrogen) atoms. The molecule has 0 bridgehead atoms. The van der Waals surface area contributed by atoms with Crippen LogP contribution in [0.4, 0.5) is 0 Å². The molecule has 0 aromatic heterocycles. The van der Waals surface area contributed by atoms with Crippen LogP contribution < -0.4 is 25.8 Å². The molecule has 7 nitrogen and oxygen atoms in total. The molecule has 5 N–H and O–H groups in total. The van der Waals surface area contributed by atoms with E-state index in [2.05, 4.69) is 10.6 Å². The first-order valence-corrected chi connectivity index (χ1v) is 7.21. The Kier molecular flexibility index (Phi) is 14.7. The molecule has 1 unspecified atom stereocenters. The Hall–Kier alpha value is -1.25. The van der Waals surface area contributed by atoms with E-state index in [0.717, 1.165) is 18.7 Å². The highest BCUT2D eigenvalue weighted by Gasteiger charge is 2.11. The van der Waals surface area contributed by atoms with E-state index in [9.17, 15) is 4.79 Å². The molecule has 0 heterocycles. The molecule has 9 heteroatoms. The second-order valence-electron chi connectivity index (χ2n) is 4.93. The first-order chi connectivity index (χ1) is 10.5. The Morgan fingerprint density at radius 1 is 1.29 bits per heavy atom. The molecule has 0 saturated heterocycles. The van der Waals surface area contributed by atoms with Gasteiger partial charge in [0.1, 0.15) is 0 Å². The number of nitrogens with two attached hydrogens (primary N) is 1. The first kappa shape index (κ1) is 25.0. The number of halogens is 2. The summed E-state index contributed by atoms with van der Waals surface area (Å²) in [6, 6.07) is 5.53. The number of benzene rings is 1. The molecule has 0 aliphatic rings. The van der Waals surface area contributed by atoms with Gasteiger partial charge in [-0.1, -0.05) is 12.1 Å². The smallest absolute Gasteiger partial charge is 0.255 e. The van der Waals surface area contributed by atoms with Gasteiger partial charge in [0.15, 0.2) is 18.1 Å². The number of primary amides is 1. The van der Waals surface area contributed by atoms with Crippen LogP contribution in [-0.2, 0) is 11.3 Å². The number of aliphatic hydroxyl groups is 1. The highest BCUT2D eigenvalue weighted by Crippen LogP contribution is 2.30. The first-order valence-electron chi connectivity index (χ1n) is 7.21. The molecule has 0 fully saturated rings. The molecular formula is C15H27Cl2N3O4. The number of hydrogen-bond acceptors (Lipinski definition) is 6. The summed E-state index contributed by atoms with van der Waals surface area (Å²) < 4.78 is 10.7. The van der Waals surface area contributed by atoms with Crippen molar-refractivity contribution in [1.82, 2.24) is 10.6 Å². The molecular weight excluding hydrogens is 357 g/mol. The van der Waals surface area contributed by atoms with Crippen LogP contribution in [0.2, 0.25) is 0 Å². The van der Waals surface area contributed by atoms with Crippen LogP contribution in [0.1, 0.15) is 12.5 Å². The number of hydrogen-bond donors (Lipinski definition) is 4. The van der Waals surface area contributed by atoms with E-state index in [4.69, 9.17) is 20.3 Å². The van der Waals surface area contributed by atoms with Crippen molar-refractivity contribution in [3.05, 3.63) is 23.8 Å². The third kappa shape index (κ3) is 9.79. The second kappa shape index (κ2) is 14.1. The molecule has 0 aliphatic heterocycles. The molecule has 1 rings (SSSR count). The Balaban J connectivity index is 0. The molecule has 0 spiro atoms. The van der Waals surface area contributed by atoms with Gasteiger partial charge in [0.05, 0.1) is 13.2 Å². The minimum absolute atomic E-state index is 0. The van der Waals surface area contributed by atoms with Gasteiger partial charge in [-0.15, -0.1) is 24.8 Å². The highest BCUT2D eigenvalue weighted by atomic mass is 35.5. The van der Waals surface area contributed by atoms with Crippen LogP contribution in [0.3, 0.4) is 0 Å². The second-order valence-corrected chi connectivity index (χ2v) is 4.93. The van der Waals surface area contributed by atoms with Gasteiger partial charge in [0, 0.05) is 31.7 Å². The fraction of sp³-hybridized carbons (Fsp3) is 0.533. The molecule has 0 aliphatic carbocycles. The fourth-order valence-electron chi connectivity index (χ4n) is 1.88. The van der Waals surface area contributed by atoms with Crippen LogP contribution >= 0.6 is 24.8 Å². The molecule has 140 valence electrons. The van der Waals surface area contributed by atoms with Crippen LogP contribution in [0.25, 0.3) is 0 Å². The summed E-state index contributed by atoms with van der Waals surface area (Å²) >= 11 is 0. The maximum absolute atomic E-state index is 10.9. The molecule has 1 aromatic rings. The molecule has 1 amide bonds. The van der Waals surface area contributed by atoms with Crippen LogP contribution in [-0.4, -0.2) is 50.5 Å². The van der Waals surface area contributed by atoms with Gasteiger partial charge in [-0.25, -0.2) is 0 Å². The zero-order chi connectivity index (χ0) is 16.4. The third-order valence-electron chi connectivity index (χ3n) is 2.87. The largest absolute Gasteiger partial charge is 0.493 e. The topological polar surface area (TPSA) is 106 Å². The average molecular weight is 384 g/mol. The zero-order valence-electron chi connectivity index (χ0n) is 13.9. The predicted molar refractivity (Wildman–Crippen MR) is 98.4 cm³/mol. The van der Waals surface area contributed by atoms with E-state index in [1.54, 1.807) is 20.1 Å². The Labute approximate surface area is 155 Å². The maximum atomic E-state index is 10.9. The minimum Gasteiger partial charge on any atom is -0.493 e. The normalized spacial score (nSPS) is 11.0. The van der Waals surface area contributed by atoms with Crippen molar-refractivity contribution in [3.8, 4) is 11.5 Å². The molecule has 0 radical (unpaired) electrons. The number of aliphatic hydroxyl groups excluding tert-OH is 1. The number of para-hydroxylation sites is 1. The maximum Gasteiger partial charge on any atom is 0.255 e. The molecule has 0 saturated carbocycles. The van der Waals surface area contributed by atoms with E-state index in [-0.39, 0.29) is 37.5 Å². The van der Waals surface area contributed by atoms with E-state index in [1.807, 2.05) is 12.1 Å². The van der Waals surface area contributed by atoms with Crippen LogP contribution in [0.5, 0.6) is 11.5 Å². The quantitative estimate of drug-likeness (QED) is 0.413. The van der Waals surface area contributed by atoms with Crippen molar-refractivity contribution in [3.63, 3.8) is 0 Å². The highest BCUT2D eigenvalue weighted by molar-refractivity contribution is 5.85. The monoisotopic (exact) mass is 383 g/mol. The van der Waals surface area contributed by atoms with Crippen molar-refractivity contribution in [2.45, 2.75) is 19.6 Å². The number of carbonyl (C=O) groups excluding carboxylic acids is 1. The number of methoxy groups -OCH3 is 1. The van der Waals surface area contributed by atoms with Gasteiger partial charge < -0.3 is 30.9 Å². The van der Waals surface area contributed by atoms with Crippen molar-refractivity contribution >= 4 is 30.7 Å². The van der Waals surface area contributed by atoms with Crippen molar-refractivity contribution in [2.24, 2.45) is 5.73 Å². The van der Waals surface area contributed by atoms with Crippen molar-refractivity contribution in [2.75, 3.05) is 33.4 Å². The van der Waals surface area contributed by atoms with Gasteiger partial charge in [0.2, 0.25) is 0 Å². The van der Waals surface area contributed by atoms with E-state index >= 15 is 0 Å². The Morgan fingerprint density at radius 3 is 2.54 bits per heavy atom. The SMILES string of the molecule is COc1cccc(CNCCNCC(C)O)c1OCC(N)=O.Cl.Cl. The summed E-state index contributed by atoms with van der Waals surface area (Å²) in [6.45, 7) is 4.16. The summed E-state index contributed by atoms with van der Waals surface area (Å²) in [4.78, 5) is 10.9. The van der Waals surface area contributed by atoms with Gasteiger partial charge >= 0.3 is 0 Å². The molecule has 1 atom stereocenters. The number of ether oxygens (including phenoxy) is 2. The Morgan fingerprint density at radius 2 is 1.96 bits per heavy atom. The lowest BCUT2D eigenvalue weighted by Crippen LogP contribution is -2.31. The summed E-state index contributed by atoms with van der Waals surface area (Å²) in [5, 5.41) is 15.5. The molecule has 1 aromatic carbocycles. The summed E-state index contributed by atoms with van der Waals surface area (Å²) in [7, 11) is 1.55. The zero-order valence-corrected chi connectivity index (χ0v) is 15.5. The minimum atomic E-state index is -0.535. The van der Waals surface area contributed by atoms with E-state index in [0.29, 0.717) is 24.6 Å². The lowest BCUT2D eigenvalue weighted by atomic mass is 10.2. The van der Waals surface area contributed by atoms with E-state index in [1.165, 1.54) is 0 Å². The van der Waals surface area contributed by atoms with Crippen molar-refractivity contribution < 1.29 is 19.4 Å². The van der Waals surface area contributed by atoms with Crippen LogP contribution in [0, 0.1) is 0 Å². The lowest BCUT2D eigenvalue weighted by molar-refractivity contribution is -0.119. The summed E-state index contributed by atoms with van der Waals surface area (Å²) in [5.41, 5.74) is 6.00. The van der Waals surface area contributed by atoms with Gasteiger partial charge in [-0.3, -0.25) is 4.79 Å². The standard InChI is InChI=1S/C15H25N3O4.2ClH/c1-11(19)8-17-6-7-18-9-12-4-3-5-13(21-2)15(12)22-10-14(16)20;;/h3-5,11,17-19H,6-10H2,1-2H3,(H2,16,20);2*1H. The number of nitrogens with one attached hydrogen (secondary N) is 2. The van der Waals surface area contributed by atoms with Crippen LogP contribution in [0.15, 0.2) is 18.2 Å². The van der Waals surface area contributed by atoms with E-state index < -0.39 is 5.91 Å². The summed E-state index contributed by atoms with van der Waals surface area (Å²) in [6.07, 6.45) is -0.354. The fourth-order valence-corrected chi connectivity index (χ4v) is 1.88. The average Bonchev–Trinajstić information content (AvgIpc) is 2.48. The Bertz CT molecular complexity index is 476. The van der Waals surface area contributed by atoms with Gasteiger partial charge in [0.25, 0.3) is 5.91 Å².